The smallest absolute Gasteiger partial charge is 0.227 e. The quantitative estimate of drug-likeness (QED) is 0.738. The number of carbonyl (C=O) groups is 1. The molecule has 0 aliphatic carbocycles. The number of H-pyrrole nitrogens is 1. The molecule has 2 aromatic heterocycles. The second kappa shape index (κ2) is 6.68. The number of nitrogens with zero attached hydrogens (tertiary/aromatic N) is 2. The Morgan fingerprint density at radius 1 is 1.36 bits per heavy atom. The lowest BCUT2D eigenvalue weighted by molar-refractivity contribution is -0.121. The van der Waals surface area contributed by atoms with Crippen molar-refractivity contribution in [2.24, 2.45) is 5.92 Å². The van der Waals surface area contributed by atoms with Gasteiger partial charge in [0.15, 0.2) is 0 Å². The summed E-state index contributed by atoms with van der Waals surface area (Å²) >= 11 is 0. The first kappa shape index (κ1) is 15.8. The average molecular weight is 340 g/mol. The number of rotatable bonds is 5. The molecule has 0 unspecified atom stereocenters. The summed E-state index contributed by atoms with van der Waals surface area (Å²) < 4.78 is 10.8. The molecule has 2 atom stereocenters. The number of para-hydroxylation sites is 2. The number of ether oxygens (including phenoxy) is 1. The maximum atomic E-state index is 12.4. The largest absolute Gasteiger partial charge is 0.379 e. The van der Waals surface area contributed by atoms with Crippen LogP contribution in [-0.2, 0) is 22.4 Å². The lowest BCUT2D eigenvalue weighted by atomic mass is 9.98. The Morgan fingerprint density at radius 2 is 2.24 bits per heavy atom. The number of carbonyl (C=O) groups excluding carboxylic acids is 1. The Balaban J connectivity index is 1.37. The Morgan fingerprint density at radius 3 is 3.04 bits per heavy atom. The van der Waals surface area contributed by atoms with Crippen molar-refractivity contribution in [3.63, 3.8) is 0 Å². The Labute approximate surface area is 144 Å². The van der Waals surface area contributed by atoms with Crippen molar-refractivity contribution in [2.75, 3.05) is 13.2 Å². The minimum Gasteiger partial charge on any atom is -0.379 e. The van der Waals surface area contributed by atoms with Crippen LogP contribution >= 0.6 is 0 Å². The molecule has 25 heavy (non-hydrogen) atoms. The molecule has 7 heteroatoms. The number of aryl methyl sites for hydroxylation is 1. The molecule has 0 bridgehead atoms. The number of benzene rings is 1. The molecule has 0 spiro atoms. The van der Waals surface area contributed by atoms with Crippen LogP contribution in [0.3, 0.4) is 0 Å². The van der Waals surface area contributed by atoms with Gasteiger partial charge in [-0.3, -0.25) is 4.79 Å². The number of fused-ring (bicyclic) bond motifs is 1. The number of nitrogens with one attached hydrogen (secondary N) is 2. The molecule has 3 heterocycles. The minimum atomic E-state index is -0.0618. The van der Waals surface area contributed by atoms with Gasteiger partial charge in [0.2, 0.25) is 5.91 Å². The second-order valence-electron chi connectivity index (χ2n) is 6.49. The molecular weight excluding hydrogens is 320 g/mol. The number of aromatic nitrogens is 3. The molecule has 1 fully saturated rings. The SMILES string of the molecule is Cc1cc(C[C@@H]2COC[C@@H]2NC(=O)Cc2nc3ccccc3[nH]2)on1. The van der Waals surface area contributed by atoms with Crippen molar-refractivity contribution < 1.29 is 14.1 Å². The second-order valence-corrected chi connectivity index (χ2v) is 6.49. The zero-order valence-corrected chi connectivity index (χ0v) is 14.0. The first-order valence-corrected chi connectivity index (χ1v) is 8.40. The fourth-order valence-electron chi connectivity index (χ4n) is 3.23. The van der Waals surface area contributed by atoms with E-state index >= 15 is 0 Å². The number of amides is 1. The summed E-state index contributed by atoms with van der Waals surface area (Å²) in [5.74, 6) is 1.62. The van der Waals surface area contributed by atoms with Gasteiger partial charge in [-0.1, -0.05) is 17.3 Å². The molecular formula is C18H20N4O3. The molecule has 4 rings (SSSR count). The van der Waals surface area contributed by atoms with E-state index in [9.17, 15) is 4.79 Å². The highest BCUT2D eigenvalue weighted by Crippen LogP contribution is 2.20. The van der Waals surface area contributed by atoms with E-state index in [2.05, 4.69) is 20.4 Å². The molecule has 2 N–H and O–H groups in total. The maximum Gasteiger partial charge on any atom is 0.227 e. The van der Waals surface area contributed by atoms with Crippen LogP contribution in [0.4, 0.5) is 0 Å². The van der Waals surface area contributed by atoms with Crippen molar-refractivity contribution in [1.29, 1.82) is 0 Å². The van der Waals surface area contributed by atoms with Gasteiger partial charge in [-0.25, -0.2) is 4.98 Å². The summed E-state index contributed by atoms with van der Waals surface area (Å²) in [5, 5.41) is 6.97. The summed E-state index contributed by atoms with van der Waals surface area (Å²) in [6.07, 6.45) is 0.926. The Bertz CT molecular complexity index is 852. The highest BCUT2D eigenvalue weighted by Gasteiger charge is 2.30. The van der Waals surface area contributed by atoms with Crippen LogP contribution in [0.2, 0.25) is 0 Å². The van der Waals surface area contributed by atoms with E-state index in [0.717, 1.165) is 22.5 Å². The van der Waals surface area contributed by atoms with Gasteiger partial charge in [0.25, 0.3) is 0 Å². The standard InChI is InChI=1S/C18H20N4O3/c1-11-6-13(25-22-11)7-12-9-24-10-16(12)21-18(23)8-17-19-14-4-2-3-5-15(14)20-17/h2-6,12,16H,7-10H2,1H3,(H,19,20)(H,21,23)/t12-,16+/m1/s1. The zero-order chi connectivity index (χ0) is 17.2. The summed E-state index contributed by atoms with van der Waals surface area (Å²) in [4.78, 5) is 20.0. The molecule has 130 valence electrons. The van der Waals surface area contributed by atoms with Gasteiger partial charge >= 0.3 is 0 Å². The van der Waals surface area contributed by atoms with Crippen molar-refractivity contribution in [2.45, 2.75) is 25.8 Å². The fourth-order valence-corrected chi connectivity index (χ4v) is 3.23. The average Bonchev–Trinajstić information content (AvgIpc) is 3.28. The summed E-state index contributed by atoms with van der Waals surface area (Å²) in [6, 6.07) is 9.64. The van der Waals surface area contributed by atoms with E-state index in [1.54, 1.807) is 0 Å². The third-order valence-electron chi connectivity index (χ3n) is 4.45. The topological polar surface area (TPSA) is 93.0 Å². The number of imidazole rings is 1. The molecule has 1 aromatic carbocycles. The van der Waals surface area contributed by atoms with Crippen LogP contribution in [-0.4, -0.2) is 40.3 Å². The maximum absolute atomic E-state index is 12.4. The lowest BCUT2D eigenvalue weighted by Gasteiger charge is -2.17. The molecule has 0 saturated carbocycles. The molecule has 7 nitrogen and oxygen atoms in total. The highest BCUT2D eigenvalue weighted by atomic mass is 16.5. The predicted octanol–water partition coefficient (Wildman–Crippen LogP) is 1.78. The fraction of sp³-hybridized carbons (Fsp3) is 0.389. The van der Waals surface area contributed by atoms with Crippen LogP contribution in [0.5, 0.6) is 0 Å². The minimum absolute atomic E-state index is 0.0257. The first-order chi connectivity index (χ1) is 12.2. The van der Waals surface area contributed by atoms with E-state index in [1.807, 2.05) is 37.3 Å². The van der Waals surface area contributed by atoms with Crippen molar-refractivity contribution >= 4 is 16.9 Å². The van der Waals surface area contributed by atoms with Gasteiger partial charge in [-0.05, 0) is 19.1 Å². The number of hydrogen-bond acceptors (Lipinski definition) is 5. The monoisotopic (exact) mass is 340 g/mol. The molecule has 0 radical (unpaired) electrons. The van der Waals surface area contributed by atoms with Crippen molar-refractivity contribution in [1.82, 2.24) is 20.4 Å². The molecule has 1 saturated heterocycles. The van der Waals surface area contributed by atoms with Gasteiger partial charge in [-0.15, -0.1) is 0 Å². The van der Waals surface area contributed by atoms with E-state index in [4.69, 9.17) is 9.26 Å². The third-order valence-corrected chi connectivity index (χ3v) is 4.45. The molecule has 1 amide bonds. The number of aromatic amines is 1. The third kappa shape index (κ3) is 3.56. The van der Waals surface area contributed by atoms with E-state index < -0.39 is 0 Å². The number of hydrogen-bond donors (Lipinski definition) is 2. The van der Waals surface area contributed by atoms with E-state index in [-0.39, 0.29) is 24.3 Å². The summed E-state index contributed by atoms with van der Waals surface area (Å²) in [7, 11) is 0. The predicted molar refractivity (Wildman–Crippen MR) is 91.0 cm³/mol. The Kier molecular flexibility index (Phi) is 4.23. The van der Waals surface area contributed by atoms with Gasteiger partial charge in [-0.2, -0.15) is 0 Å². The molecule has 3 aromatic rings. The molecule has 1 aliphatic rings. The van der Waals surface area contributed by atoms with Gasteiger partial charge in [0.05, 0.1) is 42.4 Å². The highest BCUT2D eigenvalue weighted by molar-refractivity contribution is 5.80. The summed E-state index contributed by atoms with van der Waals surface area (Å²) in [6.45, 7) is 3.02. The van der Waals surface area contributed by atoms with E-state index in [0.29, 0.717) is 25.5 Å². The Hall–Kier alpha value is -2.67. The first-order valence-electron chi connectivity index (χ1n) is 8.40. The lowest BCUT2D eigenvalue weighted by Crippen LogP contribution is -2.41. The summed E-state index contributed by atoms with van der Waals surface area (Å²) in [5.41, 5.74) is 2.67. The van der Waals surface area contributed by atoms with Crippen LogP contribution in [0.15, 0.2) is 34.9 Å². The van der Waals surface area contributed by atoms with Gasteiger partial charge in [0.1, 0.15) is 11.6 Å². The molecule has 1 aliphatic heterocycles. The normalized spacial score (nSPS) is 20.2. The zero-order valence-electron chi connectivity index (χ0n) is 14.0. The van der Waals surface area contributed by atoms with Crippen LogP contribution in [0.1, 0.15) is 17.3 Å². The van der Waals surface area contributed by atoms with Crippen LogP contribution in [0.25, 0.3) is 11.0 Å². The van der Waals surface area contributed by atoms with E-state index in [1.165, 1.54) is 0 Å². The van der Waals surface area contributed by atoms with Gasteiger partial charge < -0.3 is 19.6 Å². The van der Waals surface area contributed by atoms with Crippen molar-refractivity contribution in [3.05, 3.63) is 47.6 Å². The van der Waals surface area contributed by atoms with Crippen LogP contribution in [0, 0.1) is 12.8 Å². The van der Waals surface area contributed by atoms with Gasteiger partial charge in [0, 0.05) is 18.4 Å². The van der Waals surface area contributed by atoms with Crippen molar-refractivity contribution in [3.8, 4) is 0 Å². The van der Waals surface area contributed by atoms with Crippen LogP contribution < -0.4 is 5.32 Å².